The molecule has 1 atom stereocenters. The maximum Gasteiger partial charge on any atom is 0.322 e. The van der Waals surface area contributed by atoms with Gasteiger partial charge in [-0.1, -0.05) is 61.9 Å². The Kier molecular flexibility index (Phi) is 12.6. The number of piperidine rings is 1. The monoisotopic (exact) mass is 585 g/mol. The van der Waals surface area contributed by atoms with Gasteiger partial charge in [0.25, 0.3) is 5.91 Å². The number of pyridine rings is 1. The number of imide groups is 1. The zero-order valence-electron chi connectivity index (χ0n) is 26.7. The highest BCUT2D eigenvalue weighted by atomic mass is 16.5. The van der Waals surface area contributed by atoms with E-state index in [1.54, 1.807) is 7.11 Å². The van der Waals surface area contributed by atoms with E-state index in [1.807, 2.05) is 57.3 Å². The second-order valence-electron chi connectivity index (χ2n) is 10.6. The fraction of sp³-hybridized carbons (Fsp3) is 0.400. The number of anilines is 1. The predicted octanol–water partition coefficient (Wildman–Crippen LogP) is 6.78. The Morgan fingerprint density at radius 3 is 2.16 bits per heavy atom. The van der Waals surface area contributed by atoms with E-state index in [2.05, 4.69) is 76.7 Å². The minimum atomic E-state index is -0.539. The van der Waals surface area contributed by atoms with E-state index in [9.17, 15) is 9.59 Å². The molecule has 8 heteroatoms. The molecule has 2 saturated heterocycles. The number of rotatable bonds is 3. The summed E-state index contributed by atoms with van der Waals surface area (Å²) in [6.45, 7) is 13.5. The van der Waals surface area contributed by atoms with Crippen LogP contribution in [0.5, 0.6) is 5.75 Å². The van der Waals surface area contributed by atoms with Crippen molar-refractivity contribution in [2.24, 2.45) is 0 Å². The maximum atomic E-state index is 11.3. The van der Waals surface area contributed by atoms with Crippen LogP contribution >= 0.6 is 0 Å². The number of hydrogen-bond acceptors (Lipinski definition) is 6. The number of ether oxygens (including phenoxy) is 1. The maximum absolute atomic E-state index is 11.3. The minimum Gasteiger partial charge on any atom is -0.497 e. The molecule has 0 radical (unpaired) electrons. The third-order valence-corrected chi connectivity index (χ3v) is 7.45. The zero-order valence-corrected chi connectivity index (χ0v) is 26.7. The van der Waals surface area contributed by atoms with Crippen molar-refractivity contribution in [2.75, 3.05) is 32.1 Å². The molecule has 2 fully saturated rings. The first-order valence-corrected chi connectivity index (χ1v) is 15.2. The molecular formula is C35H47N5O3. The van der Waals surface area contributed by atoms with Gasteiger partial charge in [0.15, 0.2) is 0 Å². The van der Waals surface area contributed by atoms with Gasteiger partial charge >= 0.3 is 6.03 Å². The number of nitrogens with zero attached hydrogens (tertiary/aromatic N) is 3. The first kappa shape index (κ1) is 33.2. The summed E-state index contributed by atoms with van der Waals surface area (Å²) in [7, 11) is 3.82. The lowest BCUT2D eigenvalue weighted by molar-refractivity contribution is -0.120. The lowest BCUT2D eigenvalue weighted by Gasteiger charge is -2.27. The van der Waals surface area contributed by atoms with Gasteiger partial charge in [0.05, 0.1) is 7.11 Å². The van der Waals surface area contributed by atoms with Crippen LogP contribution in [0.3, 0.4) is 0 Å². The molecule has 0 bridgehead atoms. The number of allylic oxidation sites excluding steroid dienone is 1. The summed E-state index contributed by atoms with van der Waals surface area (Å²) in [5, 5.41) is 4.73. The molecule has 4 heterocycles. The molecule has 3 aliphatic rings. The van der Waals surface area contributed by atoms with Crippen molar-refractivity contribution in [2.45, 2.75) is 66.5 Å². The summed E-state index contributed by atoms with van der Waals surface area (Å²) in [5.41, 5.74) is 7.13. The molecule has 0 saturated carbocycles. The molecule has 230 valence electrons. The van der Waals surface area contributed by atoms with Gasteiger partial charge in [-0.3, -0.25) is 10.1 Å². The fourth-order valence-electron chi connectivity index (χ4n) is 5.16. The third-order valence-electron chi connectivity index (χ3n) is 7.45. The largest absolute Gasteiger partial charge is 0.497 e. The Bertz CT molecular complexity index is 1360. The Labute approximate surface area is 257 Å². The first-order chi connectivity index (χ1) is 20.8. The molecule has 43 heavy (non-hydrogen) atoms. The van der Waals surface area contributed by atoms with Crippen molar-refractivity contribution in [3.63, 3.8) is 0 Å². The molecule has 3 aromatic rings. The van der Waals surface area contributed by atoms with E-state index in [4.69, 9.17) is 4.74 Å². The average Bonchev–Trinajstić information content (AvgIpc) is 3.55. The Morgan fingerprint density at radius 2 is 1.60 bits per heavy atom. The van der Waals surface area contributed by atoms with E-state index in [-0.39, 0.29) is 5.91 Å². The SMILES string of the molecule is C/C=C1/c2cc(OC)ccc2CN1C.CC.Cc1ccc(C2NC(=O)NC2=O)cc1.Cc1ccc(N2CCCCC2)nc1. The van der Waals surface area contributed by atoms with Gasteiger partial charge in [-0.25, -0.2) is 9.78 Å². The van der Waals surface area contributed by atoms with Gasteiger partial charge in [0, 0.05) is 44.1 Å². The van der Waals surface area contributed by atoms with Crippen molar-refractivity contribution in [1.82, 2.24) is 20.5 Å². The van der Waals surface area contributed by atoms with Crippen LogP contribution in [0.4, 0.5) is 10.6 Å². The Hall–Kier alpha value is -4.33. The number of carbonyl (C=O) groups excluding carboxylic acids is 2. The number of carbonyl (C=O) groups is 2. The highest BCUT2D eigenvalue weighted by molar-refractivity contribution is 6.04. The van der Waals surface area contributed by atoms with Crippen LogP contribution in [-0.4, -0.2) is 49.1 Å². The summed E-state index contributed by atoms with van der Waals surface area (Å²) >= 11 is 0. The van der Waals surface area contributed by atoms with E-state index in [0.29, 0.717) is 0 Å². The van der Waals surface area contributed by atoms with Crippen molar-refractivity contribution >= 4 is 23.5 Å². The quantitative estimate of drug-likeness (QED) is 0.330. The van der Waals surface area contributed by atoms with Crippen LogP contribution in [0.15, 0.2) is 66.9 Å². The number of urea groups is 1. The molecule has 1 unspecified atom stereocenters. The van der Waals surface area contributed by atoms with E-state index in [0.717, 1.165) is 29.2 Å². The molecule has 0 spiro atoms. The van der Waals surface area contributed by atoms with Gasteiger partial charge < -0.3 is 19.9 Å². The van der Waals surface area contributed by atoms with Crippen LogP contribution in [0.2, 0.25) is 0 Å². The van der Waals surface area contributed by atoms with Crippen LogP contribution in [-0.2, 0) is 11.3 Å². The summed E-state index contributed by atoms with van der Waals surface area (Å²) in [5.74, 6) is 1.78. The molecule has 3 aliphatic heterocycles. The van der Waals surface area contributed by atoms with Gasteiger partial charge in [0.1, 0.15) is 17.6 Å². The summed E-state index contributed by atoms with van der Waals surface area (Å²) in [4.78, 5) is 31.2. The van der Waals surface area contributed by atoms with Crippen LogP contribution in [0.1, 0.15) is 73.9 Å². The number of amides is 3. The van der Waals surface area contributed by atoms with Crippen LogP contribution < -0.4 is 20.3 Å². The third kappa shape index (κ3) is 9.08. The molecule has 1 aromatic heterocycles. The Balaban J connectivity index is 0.000000172. The minimum absolute atomic E-state index is 0.293. The lowest BCUT2D eigenvalue weighted by Crippen LogP contribution is -2.29. The van der Waals surface area contributed by atoms with E-state index in [1.165, 1.54) is 54.7 Å². The predicted molar refractivity (Wildman–Crippen MR) is 175 cm³/mol. The normalized spacial score (nSPS) is 17.7. The van der Waals surface area contributed by atoms with E-state index >= 15 is 0 Å². The second kappa shape index (κ2) is 16.3. The van der Waals surface area contributed by atoms with Crippen molar-refractivity contribution < 1.29 is 14.3 Å². The zero-order chi connectivity index (χ0) is 31.4. The molecular weight excluding hydrogens is 538 g/mol. The smallest absolute Gasteiger partial charge is 0.322 e. The van der Waals surface area contributed by atoms with Crippen molar-refractivity contribution in [1.29, 1.82) is 0 Å². The molecule has 2 aromatic carbocycles. The highest BCUT2D eigenvalue weighted by Crippen LogP contribution is 2.33. The molecule has 3 amide bonds. The number of aromatic nitrogens is 1. The van der Waals surface area contributed by atoms with Crippen LogP contribution in [0.25, 0.3) is 5.70 Å². The van der Waals surface area contributed by atoms with Gasteiger partial charge in [-0.05, 0) is 74.9 Å². The first-order valence-electron chi connectivity index (χ1n) is 15.2. The van der Waals surface area contributed by atoms with Gasteiger partial charge in [-0.2, -0.15) is 0 Å². The standard InChI is InChI=1S/C12H15NO.C11H16N2.C10H10N2O2.C2H6/c1-4-12-11-7-10(14-3)6-5-9(11)8-13(12)2;1-10-5-6-11(12-9-10)13-7-3-2-4-8-13;1-6-2-4-7(5-3-6)8-9(13)12-10(14)11-8;1-2/h4-7H,8H2,1-3H3;5-6,9H,2-4,7-8H2,1H3;2-5,8H,1H3,(H2,11,12,13,14);1-2H3/b12-4-;;;. The van der Waals surface area contributed by atoms with Crippen LogP contribution in [0, 0.1) is 13.8 Å². The lowest BCUT2D eigenvalue weighted by atomic mass is 10.1. The van der Waals surface area contributed by atoms with E-state index < -0.39 is 12.1 Å². The van der Waals surface area contributed by atoms with Gasteiger partial charge in [0.2, 0.25) is 0 Å². The number of aryl methyl sites for hydroxylation is 2. The molecule has 6 rings (SSSR count). The topological polar surface area (TPSA) is 86.8 Å². The number of fused-ring (bicyclic) bond motifs is 1. The molecule has 2 N–H and O–H groups in total. The number of hydrogen-bond donors (Lipinski definition) is 2. The second-order valence-corrected chi connectivity index (χ2v) is 10.6. The average molecular weight is 586 g/mol. The summed E-state index contributed by atoms with van der Waals surface area (Å²) in [6, 6.07) is 17.1. The van der Waals surface area contributed by atoms with Gasteiger partial charge in [-0.15, -0.1) is 0 Å². The van der Waals surface area contributed by atoms with Crippen molar-refractivity contribution in [3.8, 4) is 5.75 Å². The van der Waals surface area contributed by atoms with Crippen molar-refractivity contribution in [3.05, 3.63) is 94.7 Å². The summed E-state index contributed by atoms with van der Waals surface area (Å²) < 4.78 is 5.22. The molecule has 8 nitrogen and oxygen atoms in total. The number of methoxy groups -OCH3 is 1. The number of benzene rings is 2. The Morgan fingerprint density at radius 1 is 0.930 bits per heavy atom. The molecule has 0 aliphatic carbocycles. The summed E-state index contributed by atoms with van der Waals surface area (Å²) in [6.07, 6.45) is 8.10. The highest BCUT2D eigenvalue weighted by Gasteiger charge is 2.30. The fourth-order valence-corrected chi connectivity index (χ4v) is 5.16. The number of nitrogens with one attached hydrogen (secondary N) is 2.